The number of hydrogen-bond donors (Lipinski definition) is 1. The van der Waals surface area contributed by atoms with E-state index in [4.69, 9.17) is 0 Å². The standard InChI is InChI=1S/C12H9NO2/c14-8-11-12(15)6-10(7-13-11)9-4-2-1-3-5-9/h1-8,15H. The van der Waals surface area contributed by atoms with Gasteiger partial charge in [-0.25, -0.2) is 4.98 Å². The third-order valence-electron chi connectivity index (χ3n) is 2.12. The SMILES string of the molecule is O=Cc1ncc(-c2ccccc2)cc1O. The molecule has 1 heterocycles. The molecular weight excluding hydrogens is 190 g/mol. The lowest BCUT2D eigenvalue weighted by Gasteiger charge is -2.02. The molecule has 0 aliphatic rings. The zero-order chi connectivity index (χ0) is 10.7. The molecule has 0 radical (unpaired) electrons. The Morgan fingerprint density at radius 1 is 1.13 bits per heavy atom. The molecular formula is C12H9NO2. The first-order chi connectivity index (χ1) is 7.31. The van der Waals surface area contributed by atoms with E-state index in [1.807, 2.05) is 30.3 Å². The number of aldehydes is 1. The van der Waals surface area contributed by atoms with E-state index in [1.54, 1.807) is 6.20 Å². The summed E-state index contributed by atoms with van der Waals surface area (Å²) in [5.41, 5.74) is 1.81. The van der Waals surface area contributed by atoms with Crippen molar-refractivity contribution in [3.8, 4) is 16.9 Å². The van der Waals surface area contributed by atoms with Crippen LogP contribution in [0.3, 0.4) is 0 Å². The first-order valence-corrected chi connectivity index (χ1v) is 4.51. The summed E-state index contributed by atoms with van der Waals surface area (Å²) in [5, 5.41) is 9.46. The molecule has 2 rings (SSSR count). The summed E-state index contributed by atoms with van der Waals surface area (Å²) < 4.78 is 0. The van der Waals surface area contributed by atoms with Crippen molar-refractivity contribution >= 4 is 6.29 Å². The highest BCUT2D eigenvalue weighted by atomic mass is 16.3. The zero-order valence-corrected chi connectivity index (χ0v) is 7.92. The fourth-order valence-corrected chi connectivity index (χ4v) is 1.34. The molecule has 0 aliphatic heterocycles. The van der Waals surface area contributed by atoms with Crippen molar-refractivity contribution in [2.45, 2.75) is 0 Å². The Hall–Kier alpha value is -2.16. The number of aromatic nitrogens is 1. The molecule has 3 nitrogen and oxygen atoms in total. The molecule has 1 N–H and O–H groups in total. The van der Waals surface area contributed by atoms with Crippen molar-refractivity contribution < 1.29 is 9.90 Å². The third-order valence-corrected chi connectivity index (χ3v) is 2.12. The quantitative estimate of drug-likeness (QED) is 0.755. The van der Waals surface area contributed by atoms with E-state index in [-0.39, 0.29) is 11.4 Å². The monoisotopic (exact) mass is 199 g/mol. The van der Waals surface area contributed by atoms with Gasteiger partial charge in [0.15, 0.2) is 6.29 Å². The zero-order valence-electron chi connectivity index (χ0n) is 7.92. The van der Waals surface area contributed by atoms with Gasteiger partial charge >= 0.3 is 0 Å². The number of carbonyl (C=O) groups is 1. The lowest BCUT2D eigenvalue weighted by atomic mass is 10.1. The molecule has 0 fully saturated rings. The molecule has 0 saturated carbocycles. The Morgan fingerprint density at radius 3 is 2.47 bits per heavy atom. The van der Waals surface area contributed by atoms with Gasteiger partial charge in [0.2, 0.25) is 0 Å². The second-order valence-electron chi connectivity index (χ2n) is 3.11. The van der Waals surface area contributed by atoms with Crippen molar-refractivity contribution in [3.05, 3.63) is 48.3 Å². The maximum atomic E-state index is 10.5. The molecule has 3 heteroatoms. The van der Waals surface area contributed by atoms with Crippen LogP contribution >= 0.6 is 0 Å². The predicted molar refractivity (Wildman–Crippen MR) is 56.7 cm³/mol. The average Bonchev–Trinajstić information content (AvgIpc) is 2.30. The summed E-state index contributed by atoms with van der Waals surface area (Å²) in [6, 6.07) is 11.1. The van der Waals surface area contributed by atoms with Crippen LogP contribution in [0.1, 0.15) is 10.5 Å². The largest absolute Gasteiger partial charge is 0.506 e. The third kappa shape index (κ3) is 1.86. The molecule has 74 valence electrons. The minimum absolute atomic E-state index is 0.0645. The van der Waals surface area contributed by atoms with Crippen LogP contribution in [0.4, 0.5) is 0 Å². The number of nitrogens with zero attached hydrogens (tertiary/aromatic N) is 1. The van der Waals surface area contributed by atoms with Crippen LogP contribution in [-0.2, 0) is 0 Å². The summed E-state index contributed by atoms with van der Waals surface area (Å²) in [6.45, 7) is 0. The second kappa shape index (κ2) is 3.92. The van der Waals surface area contributed by atoms with Gasteiger partial charge in [-0.05, 0) is 11.6 Å². The van der Waals surface area contributed by atoms with Crippen LogP contribution in [0, 0.1) is 0 Å². The van der Waals surface area contributed by atoms with E-state index in [0.717, 1.165) is 11.1 Å². The highest BCUT2D eigenvalue weighted by Crippen LogP contribution is 2.23. The molecule has 1 aromatic carbocycles. The molecule has 0 unspecified atom stereocenters. The number of pyridine rings is 1. The van der Waals surface area contributed by atoms with Crippen molar-refractivity contribution in [1.29, 1.82) is 0 Å². The fraction of sp³-hybridized carbons (Fsp3) is 0. The van der Waals surface area contributed by atoms with Gasteiger partial charge < -0.3 is 5.11 Å². The average molecular weight is 199 g/mol. The molecule has 0 amide bonds. The second-order valence-corrected chi connectivity index (χ2v) is 3.11. The van der Waals surface area contributed by atoms with E-state index < -0.39 is 0 Å². The summed E-state index contributed by atoms with van der Waals surface area (Å²) in [5.74, 6) is -0.0913. The van der Waals surface area contributed by atoms with Crippen molar-refractivity contribution in [2.75, 3.05) is 0 Å². The van der Waals surface area contributed by atoms with Crippen molar-refractivity contribution in [3.63, 3.8) is 0 Å². The lowest BCUT2D eigenvalue weighted by Crippen LogP contribution is -1.88. The molecule has 0 aliphatic carbocycles. The number of carbonyl (C=O) groups excluding carboxylic acids is 1. The molecule has 2 aromatic rings. The normalized spacial score (nSPS) is 9.87. The predicted octanol–water partition coefficient (Wildman–Crippen LogP) is 2.27. The summed E-state index contributed by atoms with van der Waals surface area (Å²) in [7, 11) is 0. The van der Waals surface area contributed by atoms with Gasteiger partial charge in [0.1, 0.15) is 11.4 Å². The molecule has 1 aromatic heterocycles. The Bertz CT molecular complexity index is 480. The van der Waals surface area contributed by atoms with Crippen LogP contribution < -0.4 is 0 Å². The van der Waals surface area contributed by atoms with E-state index >= 15 is 0 Å². The smallest absolute Gasteiger partial charge is 0.172 e. The Balaban J connectivity index is 2.47. The molecule has 0 saturated heterocycles. The van der Waals surface area contributed by atoms with Crippen LogP contribution in [0.2, 0.25) is 0 Å². The number of rotatable bonds is 2. The number of hydrogen-bond acceptors (Lipinski definition) is 3. The van der Waals surface area contributed by atoms with E-state index in [2.05, 4.69) is 4.98 Å². The van der Waals surface area contributed by atoms with Gasteiger partial charge in [-0.3, -0.25) is 4.79 Å². The molecule has 15 heavy (non-hydrogen) atoms. The van der Waals surface area contributed by atoms with Crippen molar-refractivity contribution in [2.24, 2.45) is 0 Å². The van der Waals surface area contributed by atoms with Gasteiger partial charge in [-0.2, -0.15) is 0 Å². The minimum Gasteiger partial charge on any atom is -0.506 e. The number of benzene rings is 1. The molecule has 0 atom stereocenters. The van der Waals surface area contributed by atoms with Gasteiger partial charge in [0.05, 0.1) is 0 Å². The van der Waals surface area contributed by atoms with E-state index in [0.29, 0.717) is 6.29 Å². The van der Waals surface area contributed by atoms with Gasteiger partial charge in [-0.1, -0.05) is 30.3 Å². The highest BCUT2D eigenvalue weighted by Gasteiger charge is 2.04. The number of aromatic hydroxyl groups is 1. The summed E-state index contributed by atoms with van der Waals surface area (Å²) >= 11 is 0. The Morgan fingerprint density at radius 2 is 1.87 bits per heavy atom. The Kier molecular flexibility index (Phi) is 2.46. The van der Waals surface area contributed by atoms with Crippen LogP contribution in [-0.4, -0.2) is 16.4 Å². The van der Waals surface area contributed by atoms with Crippen molar-refractivity contribution in [1.82, 2.24) is 4.98 Å². The van der Waals surface area contributed by atoms with Crippen LogP contribution in [0.5, 0.6) is 5.75 Å². The van der Waals surface area contributed by atoms with E-state index in [1.165, 1.54) is 6.07 Å². The lowest BCUT2D eigenvalue weighted by molar-refractivity contribution is 0.111. The topological polar surface area (TPSA) is 50.2 Å². The summed E-state index contributed by atoms with van der Waals surface area (Å²) in [4.78, 5) is 14.3. The summed E-state index contributed by atoms with van der Waals surface area (Å²) in [6.07, 6.45) is 2.10. The minimum atomic E-state index is -0.0913. The molecule has 0 bridgehead atoms. The maximum absolute atomic E-state index is 10.5. The van der Waals surface area contributed by atoms with Gasteiger partial charge in [0, 0.05) is 11.8 Å². The maximum Gasteiger partial charge on any atom is 0.172 e. The van der Waals surface area contributed by atoms with Crippen LogP contribution in [0.25, 0.3) is 11.1 Å². The van der Waals surface area contributed by atoms with Gasteiger partial charge in [0.25, 0.3) is 0 Å². The highest BCUT2D eigenvalue weighted by molar-refractivity contribution is 5.78. The Labute approximate surface area is 87.0 Å². The fourth-order valence-electron chi connectivity index (χ4n) is 1.34. The van der Waals surface area contributed by atoms with Crippen LogP contribution in [0.15, 0.2) is 42.6 Å². The molecule has 0 spiro atoms. The first kappa shape index (κ1) is 9.40. The van der Waals surface area contributed by atoms with Gasteiger partial charge in [-0.15, -0.1) is 0 Å². The van der Waals surface area contributed by atoms with E-state index in [9.17, 15) is 9.90 Å². The first-order valence-electron chi connectivity index (χ1n) is 4.51.